The number of hydrogen-bond acceptors (Lipinski definition) is 8. The van der Waals surface area contributed by atoms with E-state index in [4.69, 9.17) is 15.2 Å². The highest BCUT2D eigenvalue weighted by atomic mass is 32.1. The molecule has 2 aromatic rings. The van der Waals surface area contributed by atoms with Gasteiger partial charge in [0.25, 0.3) is 0 Å². The van der Waals surface area contributed by atoms with E-state index < -0.39 is 4.92 Å². The number of benzene rings is 1. The summed E-state index contributed by atoms with van der Waals surface area (Å²) in [7, 11) is 1.37. The lowest BCUT2D eigenvalue weighted by Gasteiger charge is -2.06. The summed E-state index contributed by atoms with van der Waals surface area (Å²) < 4.78 is 13.9. The van der Waals surface area contributed by atoms with Crippen molar-refractivity contribution in [3.8, 4) is 11.5 Å². The highest BCUT2D eigenvalue weighted by molar-refractivity contribution is 7.09. The van der Waals surface area contributed by atoms with E-state index in [9.17, 15) is 10.1 Å². The van der Waals surface area contributed by atoms with Crippen molar-refractivity contribution < 1.29 is 14.4 Å². The van der Waals surface area contributed by atoms with Gasteiger partial charge in [-0.15, -0.1) is 5.10 Å². The minimum atomic E-state index is -0.537. The third-order valence-corrected chi connectivity index (χ3v) is 2.90. The van der Waals surface area contributed by atoms with Gasteiger partial charge in [0, 0.05) is 11.5 Å². The number of nitrogens with two attached hydrogens (primary N) is 1. The summed E-state index contributed by atoms with van der Waals surface area (Å²) in [5, 5.41) is 15.1. The normalized spacial score (nSPS) is 10.2. The molecule has 0 fully saturated rings. The second-order valence-corrected chi connectivity index (χ2v) is 4.25. The maximum atomic E-state index is 10.8. The summed E-state index contributed by atoms with van der Waals surface area (Å²) in [5.74, 6) is 0.507. The van der Waals surface area contributed by atoms with Crippen LogP contribution in [0.5, 0.6) is 11.5 Å². The van der Waals surface area contributed by atoms with E-state index in [1.54, 1.807) is 6.07 Å². The molecule has 0 spiro atoms. The van der Waals surface area contributed by atoms with Gasteiger partial charge in [-0.2, -0.15) is 0 Å². The molecule has 1 aromatic carbocycles. The summed E-state index contributed by atoms with van der Waals surface area (Å²) in [4.78, 5) is 10.3. The third kappa shape index (κ3) is 2.88. The van der Waals surface area contributed by atoms with Crippen LogP contribution >= 0.6 is 11.5 Å². The van der Waals surface area contributed by atoms with Crippen LogP contribution in [-0.2, 0) is 6.61 Å². The molecule has 0 unspecified atom stereocenters. The van der Waals surface area contributed by atoms with Gasteiger partial charge in [0.05, 0.1) is 18.1 Å². The molecule has 19 heavy (non-hydrogen) atoms. The van der Waals surface area contributed by atoms with Gasteiger partial charge >= 0.3 is 5.69 Å². The van der Waals surface area contributed by atoms with Gasteiger partial charge in [-0.1, -0.05) is 4.49 Å². The smallest absolute Gasteiger partial charge is 0.314 e. The number of nitro groups is 1. The molecule has 0 aliphatic rings. The molecule has 9 heteroatoms. The minimum absolute atomic E-state index is 0.103. The van der Waals surface area contributed by atoms with E-state index in [2.05, 4.69) is 9.59 Å². The first-order chi connectivity index (χ1) is 9.11. The van der Waals surface area contributed by atoms with Gasteiger partial charge in [-0.05, 0) is 12.1 Å². The van der Waals surface area contributed by atoms with Crippen LogP contribution in [0.1, 0.15) is 5.69 Å². The molecule has 1 aromatic heterocycles. The van der Waals surface area contributed by atoms with Crippen molar-refractivity contribution in [2.45, 2.75) is 6.61 Å². The van der Waals surface area contributed by atoms with Crippen molar-refractivity contribution in [2.24, 2.45) is 0 Å². The van der Waals surface area contributed by atoms with E-state index in [1.165, 1.54) is 19.2 Å². The standard InChI is InChI=1S/C10H10N4O4S/c1-17-9-3-2-6(4-8(9)14(15)16)18-5-7-10(11)19-13-12-7/h2-4H,5,11H2,1H3. The molecule has 0 saturated heterocycles. The number of rotatable bonds is 5. The maximum absolute atomic E-state index is 10.8. The van der Waals surface area contributed by atoms with Crippen LogP contribution in [0.2, 0.25) is 0 Å². The number of methoxy groups -OCH3 is 1. The quantitative estimate of drug-likeness (QED) is 0.654. The van der Waals surface area contributed by atoms with Crippen molar-refractivity contribution in [3.05, 3.63) is 34.0 Å². The highest BCUT2D eigenvalue weighted by Gasteiger charge is 2.16. The third-order valence-electron chi connectivity index (χ3n) is 2.31. The number of aromatic nitrogens is 2. The van der Waals surface area contributed by atoms with Crippen molar-refractivity contribution in [2.75, 3.05) is 12.8 Å². The van der Waals surface area contributed by atoms with Crippen molar-refractivity contribution in [3.63, 3.8) is 0 Å². The Morgan fingerprint density at radius 2 is 2.32 bits per heavy atom. The van der Waals surface area contributed by atoms with E-state index in [0.717, 1.165) is 11.5 Å². The Bertz CT molecular complexity index is 601. The van der Waals surface area contributed by atoms with Crippen LogP contribution in [0.15, 0.2) is 18.2 Å². The molecular formula is C10H10N4O4S. The van der Waals surface area contributed by atoms with Crippen molar-refractivity contribution in [1.29, 1.82) is 0 Å². The molecule has 100 valence electrons. The first-order valence-electron chi connectivity index (χ1n) is 5.13. The Balaban J connectivity index is 2.15. The number of nitrogen functional groups attached to an aromatic ring is 1. The zero-order valence-electron chi connectivity index (χ0n) is 9.90. The zero-order chi connectivity index (χ0) is 13.8. The monoisotopic (exact) mass is 282 g/mol. The van der Waals surface area contributed by atoms with Gasteiger partial charge in [0.1, 0.15) is 23.1 Å². The average Bonchev–Trinajstić information content (AvgIpc) is 2.81. The summed E-state index contributed by atoms with van der Waals surface area (Å²) in [5.41, 5.74) is 5.95. The number of nitro benzene ring substituents is 1. The molecule has 0 radical (unpaired) electrons. The lowest BCUT2D eigenvalue weighted by molar-refractivity contribution is -0.385. The van der Waals surface area contributed by atoms with Crippen molar-refractivity contribution in [1.82, 2.24) is 9.59 Å². The SMILES string of the molecule is COc1ccc(OCc2nnsc2N)cc1[N+](=O)[O-]. The first-order valence-corrected chi connectivity index (χ1v) is 5.91. The van der Waals surface area contributed by atoms with Crippen LogP contribution < -0.4 is 15.2 Å². The molecule has 0 saturated carbocycles. The Kier molecular flexibility index (Phi) is 3.76. The molecule has 2 rings (SSSR count). The van der Waals surface area contributed by atoms with Gasteiger partial charge in [0.15, 0.2) is 5.75 Å². The van der Waals surface area contributed by atoms with Crippen LogP contribution in [0.25, 0.3) is 0 Å². The number of ether oxygens (including phenoxy) is 2. The predicted octanol–water partition coefficient (Wildman–Crippen LogP) is 1.62. The molecule has 0 aliphatic heterocycles. The topological polar surface area (TPSA) is 113 Å². The van der Waals surface area contributed by atoms with E-state index in [1.807, 2.05) is 0 Å². The summed E-state index contributed by atoms with van der Waals surface area (Å²) >= 11 is 1.06. The molecule has 8 nitrogen and oxygen atoms in total. The summed E-state index contributed by atoms with van der Waals surface area (Å²) in [6.45, 7) is 0.103. The summed E-state index contributed by atoms with van der Waals surface area (Å²) in [6.07, 6.45) is 0. The Labute approximate surface area is 112 Å². The summed E-state index contributed by atoms with van der Waals surface area (Å²) in [6, 6.07) is 4.33. The van der Waals surface area contributed by atoms with Crippen LogP contribution in [-0.4, -0.2) is 21.6 Å². The lowest BCUT2D eigenvalue weighted by atomic mass is 10.3. The predicted molar refractivity (Wildman–Crippen MR) is 68.3 cm³/mol. The van der Waals surface area contributed by atoms with Crippen LogP contribution in [0, 0.1) is 10.1 Å². The number of anilines is 1. The maximum Gasteiger partial charge on any atom is 0.314 e. The molecule has 0 amide bonds. The van der Waals surface area contributed by atoms with Crippen molar-refractivity contribution >= 4 is 22.2 Å². The van der Waals surface area contributed by atoms with Gasteiger partial charge < -0.3 is 15.2 Å². The molecule has 0 bridgehead atoms. The van der Waals surface area contributed by atoms with E-state index in [-0.39, 0.29) is 18.0 Å². The minimum Gasteiger partial charge on any atom is -0.490 e. The Morgan fingerprint density at radius 1 is 1.53 bits per heavy atom. The fourth-order valence-corrected chi connectivity index (χ4v) is 1.80. The Hall–Kier alpha value is -2.42. The molecule has 2 N–H and O–H groups in total. The molecular weight excluding hydrogens is 272 g/mol. The molecule has 1 heterocycles. The van der Waals surface area contributed by atoms with Gasteiger partial charge in [-0.25, -0.2) is 0 Å². The fourth-order valence-electron chi connectivity index (χ4n) is 1.37. The van der Waals surface area contributed by atoms with Crippen LogP contribution in [0.4, 0.5) is 10.7 Å². The van der Waals surface area contributed by atoms with E-state index in [0.29, 0.717) is 16.4 Å². The zero-order valence-corrected chi connectivity index (χ0v) is 10.7. The number of nitrogens with zero attached hydrogens (tertiary/aromatic N) is 3. The highest BCUT2D eigenvalue weighted by Crippen LogP contribution is 2.31. The number of hydrogen-bond donors (Lipinski definition) is 1. The largest absolute Gasteiger partial charge is 0.490 e. The molecule has 0 aliphatic carbocycles. The Morgan fingerprint density at radius 3 is 2.89 bits per heavy atom. The fraction of sp³-hybridized carbons (Fsp3) is 0.200. The average molecular weight is 282 g/mol. The lowest BCUT2D eigenvalue weighted by Crippen LogP contribution is -2.00. The first kappa shape index (κ1) is 13.0. The van der Waals surface area contributed by atoms with Crippen LogP contribution in [0.3, 0.4) is 0 Å². The molecule has 0 atom stereocenters. The van der Waals surface area contributed by atoms with Gasteiger partial charge in [0.2, 0.25) is 0 Å². The van der Waals surface area contributed by atoms with E-state index >= 15 is 0 Å². The second-order valence-electron chi connectivity index (χ2n) is 3.46. The van der Waals surface area contributed by atoms with Gasteiger partial charge in [-0.3, -0.25) is 10.1 Å². The second kappa shape index (κ2) is 5.48.